The number of piperidine rings is 1. The zero-order valence-corrected chi connectivity index (χ0v) is 12.8. The Morgan fingerprint density at radius 3 is 2.79 bits per heavy atom. The Hall–Kier alpha value is -0.870. The van der Waals surface area contributed by atoms with Crippen molar-refractivity contribution in [2.24, 2.45) is 0 Å². The molecule has 1 aromatic heterocycles. The zero-order valence-electron chi connectivity index (χ0n) is 11.9. The number of nitrogens with zero attached hydrogens (tertiary/aromatic N) is 1. The molecule has 0 unspecified atom stereocenters. The van der Waals surface area contributed by atoms with E-state index in [-0.39, 0.29) is 5.91 Å². The second-order valence-corrected chi connectivity index (χ2v) is 6.23. The van der Waals surface area contributed by atoms with Crippen LogP contribution in [-0.4, -0.2) is 36.5 Å². The summed E-state index contributed by atoms with van der Waals surface area (Å²) in [5.74, 6) is 0.105. The molecule has 1 saturated heterocycles. The molecule has 1 aliphatic rings. The quantitative estimate of drug-likeness (QED) is 0.899. The number of hydrogen-bond acceptors (Lipinski definition) is 3. The van der Waals surface area contributed by atoms with Crippen LogP contribution in [0.1, 0.15) is 48.3 Å². The fourth-order valence-corrected chi connectivity index (χ4v) is 3.51. The van der Waals surface area contributed by atoms with Gasteiger partial charge in [-0.2, -0.15) is 0 Å². The second-order valence-electron chi connectivity index (χ2n) is 5.23. The summed E-state index contributed by atoms with van der Waals surface area (Å²) in [5, 5.41) is 5.16. The summed E-state index contributed by atoms with van der Waals surface area (Å²) in [4.78, 5) is 15.9. The Morgan fingerprint density at radius 1 is 1.42 bits per heavy atom. The first-order chi connectivity index (χ1) is 9.22. The summed E-state index contributed by atoms with van der Waals surface area (Å²) >= 11 is 1.70. The number of rotatable bonds is 5. The predicted octanol–water partition coefficient (Wildman–Crippen LogP) is 2.91. The zero-order chi connectivity index (χ0) is 13.7. The largest absolute Gasteiger partial charge is 0.349 e. The van der Waals surface area contributed by atoms with Gasteiger partial charge in [-0.1, -0.05) is 20.3 Å². The number of likely N-dealkylation sites (tertiary alicyclic amines) is 1. The Balaban J connectivity index is 1.83. The van der Waals surface area contributed by atoms with Crippen molar-refractivity contribution >= 4 is 17.2 Å². The predicted molar refractivity (Wildman–Crippen MR) is 80.9 cm³/mol. The Labute approximate surface area is 120 Å². The highest BCUT2D eigenvalue weighted by Gasteiger charge is 2.20. The van der Waals surface area contributed by atoms with Gasteiger partial charge in [-0.3, -0.25) is 4.79 Å². The monoisotopic (exact) mass is 280 g/mol. The average Bonchev–Trinajstić information content (AvgIpc) is 2.89. The van der Waals surface area contributed by atoms with Gasteiger partial charge in [-0.15, -0.1) is 11.3 Å². The Bertz CT molecular complexity index is 408. The molecular weight excluding hydrogens is 256 g/mol. The van der Waals surface area contributed by atoms with Crippen molar-refractivity contribution in [2.75, 3.05) is 19.6 Å². The highest BCUT2D eigenvalue weighted by molar-refractivity contribution is 7.10. The topological polar surface area (TPSA) is 32.3 Å². The van der Waals surface area contributed by atoms with E-state index >= 15 is 0 Å². The van der Waals surface area contributed by atoms with E-state index in [1.54, 1.807) is 11.3 Å². The number of amides is 1. The lowest BCUT2D eigenvalue weighted by Crippen LogP contribution is -2.44. The van der Waals surface area contributed by atoms with Gasteiger partial charge in [0.1, 0.15) is 0 Å². The maximum absolute atomic E-state index is 12.2. The molecule has 0 radical (unpaired) electrons. The van der Waals surface area contributed by atoms with Crippen molar-refractivity contribution in [1.82, 2.24) is 10.2 Å². The molecule has 0 spiro atoms. The first kappa shape index (κ1) is 14.5. The SMILES string of the molecule is CCCc1cc(C(=O)NC2CCN(CC)CC2)cs1. The standard InChI is InChI=1S/C15H24N2OS/c1-3-5-14-10-12(11-19-14)15(18)16-13-6-8-17(4-2)9-7-13/h10-11,13H,3-9H2,1-2H3,(H,16,18). The minimum atomic E-state index is 0.105. The molecule has 19 heavy (non-hydrogen) atoms. The number of hydrogen-bond donors (Lipinski definition) is 1. The highest BCUT2D eigenvalue weighted by Crippen LogP contribution is 2.17. The van der Waals surface area contributed by atoms with Crippen molar-refractivity contribution in [3.8, 4) is 0 Å². The minimum absolute atomic E-state index is 0.105. The van der Waals surface area contributed by atoms with Crippen molar-refractivity contribution in [3.05, 3.63) is 21.9 Å². The molecule has 0 saturated carbocycles. The van der Waals surface area contributed by atoms with Gasteiger partial charge >= 0.3 is 0 Å². The van der Waals surface area contributed by atoms with Crippen LogP contribution in [0.2, 0.25) is 0 Å². The molecule has 1 fully saturated rings. The number of nitrogens with one attached hydrogen (secondary N) is 1. The lowest BCUT2D eigenvalue weighted by molar-refractivity contribution is 0.0913. The molecule has 1 N–H and O–H groups in total. The van der Waals surface area contributed by atoms with Crippen LogP contribution in [0.25, 0.3) is 0 Å². The van der Waals surface area contributed by atoms with Gasteiger partial charge < -0.3 is 10.2 Å². The van der Waals surface area contributed by atoms with E-state index < -0.39 is 0 Å². The van der Waals surface area contributed by atoms with Crippen LogP contribution in [-0.2, 0) is 6.42 Å². The summed E-state index contributed by atoms with van der Waals surface area (Å²) in [6.07, 6.45) is 4.36. The van der Waals surface area contributed by atoms with Crippen molar-refractivity contribution in [1.29, 1.82) is 0 Å². The summed E-state index contributed by atoms with van der Waals surface area (Å²) in [7, 11) is 0. The maximum atomic E-state index is 12.2. The van der Waals surface area contributed by atoms with Gasteiger partial charge in [0.15, 0.2) is 0 Å². The number of thiophene rings is 1. The van der Waals surface area contributed by atoms with E-state index in [9.17, 15) is 4.79 Å². The molecule has 4 heteroatoms. The van der Waals surface area contributed by atoms with Crippen LogP contribution in [0.15, 0.2) is 11.4 Å². The lowest BCUT2D eigenvalue weighted by atomic mass is 10.0. The third kappa shape index (κ3) is 4.05. The third-order valence-corrected chi connectivity index (χ3v) is 4.78. The normalized spacial score (nSPS) is 17.6. The summed E-state index contributed by atoms with van der Waals surface area (Å²) in [6, 6.07) is 2.40. The fourth-order valence-electron chi connectivity index (χ4n) is 2.54. The van der Waals surface area contributed by atoms with E-state index in [1.165, 1.54) is 4.88 Å². The molecule has 0 aliphatic carbocycles. The summed E-state index contributed by atoms with van der Waals surface area (Å²) in [5.41, 5.74) is 0.839. The van der Waals surface area contributed by atoms with Gasteiger partial charge in [0.2, 0.25) is 0 Å². The molecule has 1 aliphatic heterocycles. The average molecular weight is 280 g/mol. The fraction of sp³-hybridized carbons (Fsp3) is 0.667. The van der Waals surface area contributed by atoms with Crippen molar-refractivity contribution in [2.45, 2.75) is 45.6 Å². The maximum Gasteiger partial charge on any atom is 0.252 e. The van der Waals surface area contributed by atoms with E-state index in [4.69, 9.17) is 0 Å². The molecule has 0 aromatic carbocycles. The van der Waals surface area contributed by atoms with Gasteiger partial charge in [0.25, 0.3) is 5.91 Å². The molecule has 0 atom stereocenters. The summed E-state index contributed by atoms with van der Waals surface area (Å²) < 4.78 is 0. The first-order valence-corrected chi connectivity index (χ1v) is 8.21. The number of carbonyl (C=O) groups is 1. The van der Waals surface area contributed by atoms with E-state index in [2.05, 4.69) is 24.1 Å². The van der Waals surface area contributed by atoms with E-state index in [0.717, 1.165) is 50.9 Å². The van der Waals surface area contributed by atoms with Crippen LogP contribution in [0.3, 0.4) is 0 Å². The van der Waals surface area contributed by atoms with Crippen LogP contribution < -0.4 is 5.32 Å². The van der Waals surface area contributed by atoms with Gasteiger partial charge in [-0.05, 0) is 31.9 Å². The first-order valence-electron chi connectivity index (χ1n) is 7.33. The molecular formula is C15H24N2OS. The van der Waals surface area contributed by atoms with Crippen LogP contribution in [0.4, 0.5) is 0 Å². The Kier molecular flexibility index (Phi) is 5.40. The molecule has 2 heterocycles. The smallest absolute Gasteiger partial charge is 0.252 e. The molecule has 106 valence electrons. The van der Waals surface area contributed by atoms with Crippen molar-refractivity contribution in [3.63, 3.8) is 0 Å². The van der Waals surface area contributed by atoms with E-state index in [1.807, 2.05) is 11.4 Å². The number of carbonyl (C=O) groups excluding carboxylic acids is 1. The lowest BCUT2D eigenvalue weighted by Gasteiger charge is -2.31. The molecule has 0 bridgehead atoms. The highest BCUT2D eigenvalue weighted by atomic mass is 32.1. The Morgan fingerprint density at radius 2 is 2.16 bits per heavy atom. The molecule has 1 amide bonds. The van der Waals surface area contributed by atoms with Gasteiger partial charge in [0, 0.05) is 29.4 Å². The van der Waals surface area contributed by atoms with Crippen LogP contribution >= 0.6 is 11.3 Å². The van der Waals surface area contributed by atoms with Crippen LogP contribution in [0, 0.1) is 0 Å². The second kappa shape index (κ2) is 7.06. The van der Waals surface area contributed by atoms with Crippen molar-refractivity contribution < 1.29 is 4.79 Å². The molecule has 1 aromatic rings. The minimum Gasteiger partial charge on any atom is -0.349 e. The molecule has 3 nitrogen and oxygen atoms in total. The summed E-state index contributed by atoms with van der Waals surface area (Å²) in [6.45, 7) is 7.68. The van der Waals surface area contributed by atoms with Crippen LogP contribution in [0.5, 0.6) is 0 Å². The number of aryl methyl sites for hydroxylation is 1. The van der Waals surface area contributed by atoms with Gasteiger partial charge in [0.05, 0.1) is 5.56 Å². The third-order valence-electron chi connectivity index (χ3n) is 3.78. The van der Waals surface area contributed by atoms with Gasteiger partial charge in [-0.25, -0.2) is 0 Å². The molecule has 2 rings (SSSR count). The van der Waals surface area contributed by atoms with E-state index in [0.29, 0.717) is 6.04 Å².